The normalized spacial score (nSPS) is 22.8. The Balaban J connectivity index is 2.02. The van der Waals surface area contributed by atoms with E-state index >= 15 is 0 Å². The third-order valence-electron chi connectivity index (χ3n) is 3.41. The van der Waals surface area contributed by atoms with Crippen molar-refractivity contribution in [3.05, 3.63) is 29.8 Å². The van der Waals surface area contributed by atoms with Crippen LogP contribution in [0.15, 0.2) is 24.3 Å². The fourth-order valence-corrected chi connectivity index (χ4v) is 2.36. The Labute approximate surface area is 112 Å². The number of hydrogen-bond acceptors (Lipinski definition) is 3. The van der Waals surface area contributed by atoms with Crippen molar-refractivity contribution in [3.8, 4) is 0 Å². The van der Waals surface area contributed by atoms with Crippen LogP contribution in [0.4, 0.5) is 5.69 Å². The molecule has 2 amide bonds. The van der Waals surface area contributed by atoms with E-state index in [1.165, 1.54) is 0 Å². The minimum atomic E-state index is -0.494. The fraction of sp³-hybridized carbons (Fsp3) is 0.429. The van der Waals surface area contributed by atoms with E-state index in [9.17, 15) is 9.59 Å². The molecule has 2 unspecified atom stereocenters. The van der Waals surface area contributed by atoms with Crippen LogP contribution < -0.4 is 16.4 Å². The number of rotatable bonds is 3. The zero-order valence-corrected chi connectivity index (χ0v) is 11.0. The molecule has 0 spiro atoms. The Morgan fingerprint density at radius 3 is 2.89 bits per heavy atom. The number of anilines is 1. The lowest BCUT2D eigenvalue weighted by Gasteiger charge is -2.27. The van der Waals surface area contributed by atoms with E-state index in [2.05, 4.69) is 17.6 Å². The number of carbonyl (C=O) groups excluding carboxylic acids is 2. The van der Waals surface area contributed by atoms with Crippen molar-refractivity contribution < 1.29 is 9.59 Å². The van der Waals surface area contributed by atoms with Crippen molar-refractivity contribution in [1.82, 2.24) is 5.32 Å². The molecule has 1 fully saturated rings. The van der Waals surface area contributed by atoms with E-state index < -0.39 is 5.91 Å². The lowest BCUT2D eigenvalue weighted by atomic mass is 9.92. The molecular formula is C14H19N3O2. The second kappa shape index (κ2) is 5.84. The maximum absolute atomic E-state index is 12.1. The second-order valence-electron chi connectivity index (χ2n) is 5.01. The molecule has 0 aliphatic carbocycles. The third-order valence-corrected chi connectivity index (χ3v) is 3.41. The number of amides is 2. The Kier molecular flexibility index (Phi) is 4.16. The molecule has 19 heavy (non-hydrogen) atoms. The SMILES string of the molecule is CC1CC(C(=O)Nc2cccc(C(N)=O)c2)CCN1. The summed E-state index contributed by atoms with van der Waals surface area (Å²) in [5, 5.41) is 6.17. The predicted molar refractivity (Wildman–Crippen MR) is 73.8 cm³/mol. The molecular weight excluding hydrogens is 242 g/mol. The Bertz CT molecular complexity index is 487. The largest absolute Gasteiger partial charge is 0.366 e. The summed E-state index contributed by atoms with van der Waals surface area (Å²) in [6.45, 7) is 2.94. The highest BCUT2D eigenvalue weighted by atomic mass is 16.2. The first-order chi connectivity index (χ1) is 9.06. The van der Waals surface area contributed by atoms with Crippen molar-refractivity contribution in [1.29, 1.82) is 0 Å². The van der Waals surface area contributed by atoms with Crippen LogP contribution in [0.25, 0.3) is 0 Å². The number of primary amides is 1. The van der Waals surface area contributed by atoms with Crippen LogP contribution in [-0.2, 0) is 4.79 Å². The highest BCUT2D eigenvalue weighted by Crippen LogP contribution is 2.19. The summed E-state index contributed by atoms with van der Waals surface area (Å²) in [5.41, 5.74) is 6.23. The Hall–Kier alpha value is -1.88. The number of benzene rings is 1. The van der Waals surface area contributed by atoms with Gasteiger partial charge in [0.15, 0.2) is 0 Å². The summed E-state index contributed by atoms with van der Waals surface area (Å²) in [6.07, 6.45) is 1.67. The minimum Gasteiger partial charge on any atom is -0.366 e. The first-order valence-electron chi connectivity index (χ1n) is 6.50. The first kappa shape index (κ1) is 13.5. The molecule has 1 aliphatic rings. The fourth-order valence-electron chi connectivity index (χ4n) is 2.36. The van der Waals surface area contributed by atoms with Gasteiger partial charge in [-0.3, -0.25) is 9.59 Å². The van der Waals surface area contributed by atoms with E-state index in [1.54, 1.807) is 24.3 Å². The lowest BCUT2D eigenvalue weighted by molar-refractivity contribution is -0.120. The average Bonchev–Trinajstić information content (AvgIpc) is 2.39. The number of hydrogen-bond donors (Lipinski definition) is 3. The molecule has 1 aliphatic heterocycles. The zero-order chi connectivity index (χ0) is 13.8. The maximum Gasteiger partial charge on any atom is 0.248 e. The highest BCUT2D eigenvalue weighted by Gasteiger charge is 2.24. The summed E-state index contributed by atoms with van der Waals surface area (Å²) in [5.74, 6) is -0.463. The monoisotopic (exact) mass is 261 g/mol. The molecule has 4 N–H and O–H groups in total. The van der Waals surface area contributed by atoms with Crippen LogP contribution in [0.2, 0.25) is 0 Å². The van der Waals surface area contributed by atoms with Crippen LogP contribution in [0.1, 0.15) is 30.1 Å². The molecule has 1 aromatic carbocycles. The van der Waals surface area contributed by atoms with Crippen molar-refractivity contribution in [2.24, 2.45) is 11.7 Å². The first-order valence-corrected chi connectivity index (χ1v) is 6.50. The van der Waals surface area contributed by atoms with Gasteiger partial charge in [0, 0.05) is 23.2 Å². The third kappa shape index (κ3) is 3.54. The topological polar surface area (TPSA) is 84.2 Å². The molecule has 0 saturated carbocycles. The molecule has 0 aromatic heterocycles. The quantitative estimate of drug-likeness (QED) is 0.762. The van der Waals surface area contributed by atoms with E-state index in [0.29, 0.717) is 17.3 Å². The second-order valence-corrected chi connectivity index (χ2v) is 5.01. The summed E-state index contributed by atoms with van der Waals surface area (Å²) in [7, 11) is 0. The standard InChI is InChI=1S/C14H19N3O2/c1-9-7-11(5-6-16-9)14(19)17-12-4-2-3-10(8-12)13(15)18/h2-4,8-9,11,16H,5-7H2,1H3,(H2,15,18)(H,17,19). The number of carbonyl (C=O) groups is 2. The van der Waals surface area contributed by atoms with E-state index in [1.807, 2.05) is 0 Å². The van der Waals surface area contributed by atoms with Gasteiger partial charge in [0.05, 0.1) is 0 Å². The Morgan fingerprint density at radius 1 is 1.42 bits per heavy atom. The molecule has 0 radical (unpaired) electrons. The molecule has 2 rings (SSSR count). The van der Waals surface area contributed by atoms with Gasteiger partial charge in [-0.05, 0) is 44.5 Å². The van der Waals surface area contributed by atoms with Gasteiger partial charge in [-0.2, -0.15) is 0 Å². The molecule has 102 valence electrons. The van der Waals surface area contributed by atoms with Gasteiger partial charge in [0.1, 0.15) is 0 Å². The highest BCUT2D eigenvalue weighted by molar-refractivity contribution is 5.96. The summed E-state index contributed by atoms with van der Waals surface area (Å²) >= 11 is 0. The summed E-state index contributed by atoms with van der Waals surface area (Å²) in [6, 6.07) is 7.06. The average molecular weight is 261 g/mol. The van der Waals surface area contributed by atoms with E-state index in [0.717, 1.165) is 19.4 Å². The lowest BCUT2D eigenvalue weighted by Crippen LogP contribution is -2.40. The van der Waals surface area contributed by atoms with Crippen molar-refractivity contribution in [2.75, 3.05) is 11.9 Å². The Morgan fingerprint density at radius 2 is 2.21 bits per heavy atom. The number of nitrogens with two attached hydrogens (primary N) is 1. The van der Waals surface area contributed by atoms with E-state index in [-0.39, 0.29) is 11.8 Å². The van der Waals surface area contributed by atoms with Crippen molar-refractivity contribution in [2.45, 2.75) is 25.8 Å². The maximum atomic E-state index is 12.1. The molecule has 1 aromatic rings. The van der Waals surface area contributed by atoms with Gasteiger partial charge in [-0.25, -0.2) is 0 Å². The minimum absolute atomic E-state index is 0.00923. The van der Waals surface area contributed by atoms with Crippen LogP contribution in [0.5, 0.6) is 0 Å². The van der Waals surface area contributed by atoms with Gasteiger partial charge >= 0.3 is 0 Å². The van der Waals surface area contributed by atoms with E-state index in [4.69, 9.17) is 5.73 Å². The van der Waals surface area contributed by atoms with Gasteiger partial charge < -0.3 is 16.4 Å². The molecule has 1 heterocycles. The molecule has 5 heteroatoms. The van der Waals surface area contributed by atoms with Crippen molar-refractivity contribution in [3.63, 3.8) is 0 Å². The molecule has 1 saturated heterocycles. The number of piperidine rings is 1. The molecule has 0 bridgehead atoms. The van der Waals surface area contributed by atoms with Crippen LogP contribution >= 0.6 is 0 Å². The smallest absolute Gasteiger partial charge is 0.248 e. The summed E-state index contributed by atoms with van der Waals surface area (Å²) in [4.78, 5) is 23.2. The predicted octanol–water partition coefficient (Wildman–Crippen LogP) is 1.11. The van der Waals surface area contributed by atoms with Gasteiger partial charge in [-0.15, -0.1) is 0 Å². The molecule has 5 nitrogen and oxygen atoms in total. The zero-order valence-electron chi connectivity index (χ0n) is 11.0. The van der Waals surface area contributed by atoms with Crippen LogP contribution in [-0.4, -0.2) is 24.4 Å². The van der Waals surface area contributed by atoms with Gasteiger partial charge in [0.25, 0.3) is 0 Å². The van der Waals surface area contributed by atoms with Crippen LogP contribution in [0, 0.1) is 5.92 Å². The van der Waals surface area contributed by atoms with Crippen LogP contribution in [0.3, 0.4) is 0 Å². The van der Waals surface area contributed by atoms with Gasteiger partial charge in [-0.1, -0.05) is 6.07 Å². The summed E-state index contributed by atoms with van der Waals surface area (Å²) < 4.78 is 0. The molecule has 2 atom stereocenters. The van der Waals surface area contributed by atoms with Crippen molar-refractivity contribution >= 4 is 17.5 Å². The number of nitrogens with one attached hydrogen (secondary N) is 2. The van der Waals surface area contributed by atoms with Gasteiger partial charge in [0.2, 0.25) is 11.8 Å².